The van der Waals surface area contributed by atoms with Crippen molar-refractivity contribution in [2.24, 2.45) is 0 Å². The van der Waals surface area contributed by atoms with Crippen LogP contribution in [0.5, 0.6) is 5.75 Å². The number of benzene rings is 1. The highest BCUT2D eigenvalue weighted by atomic mass is 79.9. The number of halogens is 2. The molecule has 0 spiro atoms. The molecule has 1 rings (SSSR count). The number of hydrogen-bond donors (Lipinski definition) is 1. The Labute approximate surface area is 174 Å². The number of methoxy groups -OCH3 is 1. The quantitative estimate of drug-likeness (QED) is 0.307. The molecule has 28 heavy (non-hydrogen) atoms. The monoisotopic (exact) mass is 455 g/mol. The maximum Gasteiger partial charge on any atom is 0.325 e. The van der Waals surface area contributed by atoms with Gasteiger partial charge >= 0.3 is 5.97 Å². The lowest BCUT2D eigenvalue weighted by Gasteiger charge is -2.20. The minimum atomic E-state index is -0.615. The maximum atomic E-state index is 14.4. The van der Waals surface area contributed by atoms with E-state index in [0.717, 1.165) is 5.57 Å². The van der Waals surface area contributed by atoms with Gasteiger partial charge in [0.1, 0.15) is 35.9 Å². The summed E-state index contributed by atoms with van der Waals surface area (Å²) in [5.74, 6) is -0.254. The van der Waals surface area contributed by atoms with Crippen molar-refractivity contribution in [3.8, 4) is 5.75 Å². The molecule has 154 valence electrons. The van der Waals surface area contributed by atoms with Crippen LogP contribution in [0.3, 0.4) is 0 Å². The third-order valence-electron chi connectivity index (χ3n) is 3.36. The summed E-state index contributed by atoms with van der Waals surface area (Å²) in [7, 11) is 1.53. The van der Waals surface area contributed by atoms with Crippen LogP contribution < -0.4 is 10.1 Å². The van der Waals surface area contributed by atoms with Gasteiger partial charge in [0, 0.05) is 4.47 Å². The molecular formula is C21H27BrFNO4. The van der Waals surface area contributed by atoms with Gasteiger partial charge in [-0.2, -0.15) is 0 Å². The molecule has 0 aliphatic rings. The maximum absolute atomic E-state index is 14.4. The summed E-state index contributed by atoms with van der Waals surface area (Å²) in [4.78, 5) is 11.9. The van der Waals surface area contributed by atoms with Gasteiger partial charge in [-0.05, 0) is 51.5 Å². The lowest BCUT2D eigenvalue weighted by molar-refractivity contribution is -0.152. The van der Waals surface area contributed by atoms with E-state index in [1.54, 1.807) is 39.0 Å². The third-order valence-corrected chi connectivity index (χ3v) is 3.82. The molecule has 0 fully saturated rings. The van der Waals surface area contributed by atoms with Gasteiger partial charge in [-0.25, -0.2) is 4.39 Å². The second-order valence-electron chi connectivity index (χ2n) is 6.86. The predicted octanol–water partition coefficient (Wildman–Crippen LogP) is 5.38. The zero-order chi connectivity index (χ0) is 21.3. The fourth-order valence-corrected chi connectivity index (χ4v) is 2.44. The molecule has 0 saturated heterocycles. The Morgan fingerprint density at radius 3 is 2.57 bits per heavy atom. The highest BCUT2D eigenvalue weighted by molar-refractivity contribution is 9.10. The minimum absolute atomic E-state index is 0.0924. The number of rotatable bonds is 9. The van der Waals surface area contributed by atoms with Gasteiger partial charge in [0.05, 0.1) is 7.11 Å². The Balaban J connectivity index is 2.89. The van der Waals surface area contributed by atoms with E-state index in [1.165, 1.54) is 13.2 Å². The topological polar surface area (TPSA) is 56.8 Å². The van der Waals surface area contributed by atoms with Crippen molar-refractivity contribution in [3.05, 3.63) is 58.6 Å². The van der Waals surface area contributed by atoms with E-state index in [1.807, 2.05) is 13.0 Å². The molecule has 0 heterocycles. The summed E-state index contributed by atoms with van der Waals surface area (Å²) in [6, 6.07) is 2.93. The molecule has 0 saturated carbocycles. The van der Waals surface area contributed by atoms with Gasteiger partial charge in [-0.1, -0.05) is 34.7 Å². The van der Waals surface area contributed by atoms with Crippen molar-refractivity contribution >= 4 is 27.6 Å². The lowest BCUT2D eigenvalue weighted by atomic mass is 10.2. The fraction of sp³-hybridized carbons (Fsp3) is 0.381. The SMILES string of the molecule is C=C(/C=C\C(=C/C)COc1cc(Br)cc(F)c1NCC(=O)OC(C)(C)C)OC. The van der Waals surface area contributed by atoms with Crippen molar-refractivity contribution in [3.63, 3.8) is 0 Å². The average Bonchev–Trinajstić information content (AvgIpc) is 2.58. The first-order valence-corrected chi connectivity index (χ1v) is 9.48. The number of nitrogens with one attached hydrogen (secondary N) is 1. The Hall–Kier alpha value is -2.28. The van der Waals surface area contributed by atoms with E-state index >= 15 is 0 Å². The number of anilines is 1. The predicted molar refractivity (Wildman–Crippen MR) is 113 cm³/mol. The van der Waals surface area contributed by atoms with Crippen LogP contribution in [0.1, 0.15) is 27.7 Å². The van der Waals surface area contributed by atoms with Crippen LogP contribution in [0.25, 0.3) is 0 Å². The molecule has 0 amide bonds. The highest BCUT2D eigenvalue weighted by Gasteiger charge is 2.18. The zero-order valence-electron chi connectivity index (χ0n) is 16.9. The molecule has 0 aliphatic heterocycles. The summed E-state index contributed by atoms with van der Waals surface area (Å²) in [5.41, 5.74) is 0.321. The normalized spacial score (nSPS) is 12.0. The van der Waals surface area contributed by atoms with Crippen molar-refractivity contribution in [1.82, 2.24) is 0 Å². The molecular weight excluding hydrogens is 429 g/mol. The number of allylic oxidation sites excluding steroid dienone is 2. The van der Waals surface area contributed by atoms with E-state index < -0.39 is 17.4 Å². The molecule has 0 aromatic heterocycles. The van der Waals surface area contributed by atoms with Crippen LogP contribution in [-0.4, -0.2) is 31.8 Å². The summed E-state index contributed by atoms with van der Waals surface area (Å²) in [6.07, 6.45) is 5.37. The van der Waals surface area contributed by atoms with E-state index in [2.05, 4.69) is 27.8 Å². The Kier molecular flexibility index (Phi) is 9.25. The molecule has 0 atom stereocenters. The van der Waals surface area contributed by atoms with Gasteiger partial charge in [0.2, 0.25) is 0 Å². The van der Waals surface area contributed by atoms with Gasteiger partial charge in [0.25, 0.3) is 0 Å². The van der Waals surface area contributed by atoms with E-state index in [9.17, 15) is 9.18 Å². The van der Waals surface area contributed by atoms with Crippen molar-refractivity contribution < 1.29 is 23.4 Å². The summed E-state index contributed by atoms with van der Waals surface area (Å²) in [5, 5.41) is 2.77. The number of carbonyl (C=O) groups is 1. The number of hydrogen-bond acceptors (Lipinski definition) is 5. The first-order chi connectivity index (χ1) is 13.1. The number of esters is 1. The average molecular weight is 456 g/mol. The van der Waals surface area contributed by atoms with Crippen molar-refractivity contribution in [2.75, 3.05) is 25.6 Å². The number of ether oxygens (including phenoxy) is 3. The van der Waals surface area contributed by atoms with Crippen LogP contribution in [-0.2, 0) is 14.3 Å². The largest absolute Gasteiger partial charge is 0.497 e. The van der Waals surface area contributed by atoms with Crippen molar-refractivity contribution in [2.45, 2.75) is 33.3 Å². The van der Waals surface area contributed by atoms with Crippen LogP contribution in [0.2, 0.25) is 0 Å². The van der Waals surface area contributed by atoms with Crippen LogP contribution in [0.4, 0.5) is 10.1 Å². The fourth-order valence-electron chi connectivity index (χ4n) is 2.03. The Bertz CT molecular complexity index is 766. The van der Waals surface area contributed by atoms with Gasteiger partial charge in [-0.3, -0.25) is 4.79 Å². The van der Waals surface area contributed by atoms with Crippen molar-refractivity contribution in [1.29, 1.82) is 0 Å². The van der Waals surface area contributed by atoms with E-state index in [-0.39, 0.29) is 24.6 Å². The van der Waals surface area contributed by atoms with Gasteiger partial charge < -0.3 is 19.5 Å². The first kappa shape index (κ1) is 23.8. The smallest absolute Gasteiger partial charge is 0.325 e. The molecule has 0 aliphatic carbocycles. The van der Waals surface area contributed by atoms with E-state index in [4.69, 9.17) is 14.2 Å². The third kappa shape index (κ3) is 8.61. The molecule has 0 radical (unpaired) electrons. The summed E-state index contributed by atoms with van der Waals surface area (Å²) < 4.78 is 30.9. The molecule has 1 aromatic rings. The van der Waals surface area contributed by atoms with E-state index in [0.29, 0.717) is 10.2 Å². The zero-order valence-corrected chi connectivity index (χ0v) is 18.5. The Morgan fingerprint density at radius 2 is 2.00 bits per heavy atom. The van der Waals surface area contributed by atoms with Crippen LogP contribution >= 0.6 is 15.9 Å². The second-order valence-corrected chi connectivity index (χ2v) is 7.77. The molecule has 0 bridgehead atoms. The number of carbonyl (C=O) groups excluding carboxylic acids is 1. The first-order valence-electron chi connectivity index (χ1n) is 8.69. The Morgan fingerprint density at radius 1 is 1.32 bits per heavy atom. The summed E-state index contributed by atoms with van der Waals surface area (Å²) >= 11 is 3.25. The van der Waals surface area contributed by atoms with Crippen LogP contribution in [0.15, 0.2) is 52.7 Å². The molecule has 0 unspecified atom stereocenters. The second kappa shape index (κ2) is 10.9. The molecule has 7 heteroatoms. The molecule has 1 N–H and O–H groups in total. The van der Waals surface area contributed by atoms with Gasteiger partial charge in [0.15, 0.2) is 5.82 Å². The van der Waals surface area contributed by atoms with Crippen LogP contribution in [0, 0.1) is 5.82 Å². The lowest BCUT2D eigenvalue weighted by Crippen LogP contribution is -2.28. The standard InChI is InChI=1S/C21H27BrFNO4/c1-7-15(9-8-14(2)26-6)13-27-18-11-16(22)10-17(23)20(18)24-12-19(25)28-21(3,4)5/h7-11,24H,2,12-13H2,1,3-6H3/b9-8-,15-7+. The highest BCUT2D eigenvalue weighted by Crippen LogP contribution is 2.32. The van der Waals surface area contributed by atoms with Gasteiger partial charge in [-0.15, -0.1) is 0 Å². The minimum Gasteiger partial charge on any atom is -0.497 e. The summed E-state index contributed by atoms with van der Waals surface area (Å²) in [6.45, 7) is 10.9. The molecule has 1 aromatic carbocycles. The molecule has 5 nitrogen and oxygen atoms in total.